The van der Waals surface area contributed by atoms with Crippen molar-refractivity contribution in [1.29, 1.82) is 0 Å². The van der Waals surface area contributed by atoms with E-state index in [0.717, 1.165) is 17.7 Å². The van der Waals surface area contributed by atoms with E-state index in [1.54, 1.807) is 0 Å². The largest absolute Gasteiger partial charge is 0.481 e. The third-order valence-corrected chi connectivity index (χ3v) is 1.99. The summed E-state index contributed by atoms with van der Waals surface area (Å²) in [6.07, 6.45) is 7.37. The van der Waals surface area contributed by atoms with E-state index < -0.39 is 5.97 Å². The maximum absolute atomic E-state index is 10.3. The molecule has 0 atom stereocenters. The van der Waals surface area contributed by atoms with Gasteiger partial charge >= 0.3 is 5.97 Å². The molecule has 0 heterocycles. The van der Waals surface area contributed by atoms with Crippen LogP contribution in [0.3, 0.4) is 0 Å². The molecule has 0 aromatic heterocycles. The number of hydrogen-bond acceptors (Lipinski definition) is 2. The van der Waals surface area contributed by atoms with Gasteiger partial charge in [-0.1, -0.05) is 24.3 Å². The predicted octanol–water partition coefficient (Wildman–Crippen LogP) is 2.48. The summed E-state index contributed by atoms with van der Waals surface area (Å²) in [5, 5.41) is 11.5. The zero-order valence-electron chi connectivity index (χ0n) is 9.42. The first-order chi connectivity index (χ1) is 7.10. The van der Waals surface area contributed by atoms with Crippen molar-refractivity contribution in [3.63, 3.8) is 0 Å². The summed E-state index contributed by atoms with van der Waals surface area (Å²) in [6.45, 7) is 5.81. The van der Waals surface area contributed by atoms with Crippen LogP contribution in [0.1, 0.15) is 26.2 Å². The first-order valence-corrected chi connectivity index (χ1v) is 5.02. The van der Waals surface area contributed by atoms with Crippen molar-refractivity contribution in [3.05, 3.63) is 36.1 Å². The van der Waals surface area contributed by atoms with Gasteiger partial charge in [0.2, 0.25) is 0 Å². The zero-order valence-corrected chi connectivity index (χ0v) is 9.42. The van der Waals surface area contributed by atoms with E-state index in [-0.39, 0.29) is 6.42 Å². The molecule has 0 bridgehead atoms. The van der Waals surface area contributed by atoms with E-state index in [4.69, 9.17) is 5.11 Å². The average molecular weight is 209 g/mol. The quantitative estimate of drug-likeness (QED) is 0.633. The van der Waals surface area contributed by atoms with Crippen LogP contribution >= 0.6 is 0 Å². The Hall–Kier alpha value is -1.51. The Morgan fingerprint density at radius 2 is 2.07 bits per heavy atom. The monoisotopic (exact) mass is 209 g/mol. The van der Waals surface area contributed by atoms with Gasteiger partial charge in [-0.25, -0.2) is 0 Å². The smallest absolute Gasteiger partial charge is 0.303 e. The van der Waals surface area contributed by atoms with Crippen LogP contribution in [0, 0.1) is 0 Å². The van der Waals surface area contributed by atoms with E-state index in [9.17, 15) is 4.79 Å². The molecule has 3 heteroatoms. The molecule has 3 nitrogen and oxygen atoms in total. The maximum atomic E-state index is 10.3. The number of carboxylic acids is 1. The van der Waals surface area contributed by atoms with Crippen LogP contribution in [0.5, 0.6) is 0 Å². The van der Waals surface area contributed by atoms with Crippen LogP contribution in [0.2, 0.25) is 0 Å². The fourth-order valence-electron chi connectivity index (χ4n) is 1.08. The average Bonchev–Trinajstić information content (AvgIpc) is 2.18. The summed E-state index contributed by atoms with van der Waals surface area (Å²) >= 11 is 0. The van der Waals surface area contributed by atoms with Gasteiger partial charge < -0.3 is 10.4 Å². The van der Waals surface area contributed by atoms with Crippen LogP contribution in [0.4, 0.5) is 0 Å². The molecule has 0 aliphatic rings. The third-order valence-electron chi connectivity index (χ3n) is 1.99. The van der Waals surface area contributed by atoms with Gasteiger partial charge in [-0.3, -0.25) is 4.79 Å². The number of likely N-dealkylation sites (N-methyl/N-ethyl adjacent to an activating group) is 1. The predicted molar refractivity (Wildman–Crippen MR) is 62.6 cm³/mol. The van der Waals surface area contributed by atoms with Gasteiger partial charge in [0, 0.05) is 19.2 Å². The Labute approximate surface area is 91.2 Å². The molecule has 0 radical (unpaired) electrons. The summed E-state index contributed by atoms with van der Waals surface area (Å²) in [6, 6.07) is 0. The second-order valence-electron chi connectivity index (χ2n) is 3.23. The van der Waals surface area contributed by atoms with E-state index in [2.05, 4.69) is 11.9 Å². The summed E-state index contributed by atoms with van der Waals surface area (Å²) in [5.41, 5.74) is 1.97. The van der Waals surface area contributed by atoms with Crippen molar-refractivity contribution in [2.45, 2.75) is 26.2 Å². The number of aliphatic carboxylic acids is 1. The normalized spacial score (nSPS) is 11.7. The van der Waals surface area contributed by atoms with Crippen LogP contribution in [-0.4, -0.2) is 18.1 Å². The highest BCUT2D eigenvalue weighted by atomic mass is 16.4. The first kappa shape index (κ1) is 13.5. The highest BCUT2D eigenvalue weighted by Crippen LogP contribution is 2.07. The number of carboxylic acid groups (broad SMARTS) is 1. The Kier molecular flexibility index (Phi) is 7.06. The fraction of sp³-hybridized carbons (Fsp3) is 0.417. The second kappa shape index (κ2) is 7.85. The Morgan fingerprint density at radius 1 is 1.40 bits per heavy atom. The second-order valence-corrected chi connectivity index (χ2v) is 3.23. The molecule has 0 aliphatic carbocycles. The van der Waals surface area contributed by atoms with E-state index in [1.807, 2.05) is 32.2 Å². The molecular weight excluding hydrogens is 190 g/mol. The van der Waals surface area contributed by atoms with Crippen LogP contribution in [0.15, 0.2) is 36.1 Å². The lowest BCUT2D eigenvalue weighted by Gasteiger charge is -2.00. The molecule has 0 spiro atoms. The molecule has 0 aromatic rings. The summed E-state index contributed by atoms with van der Waals surface area (Å²) in [4.78, 5) is 10.3. The molecule has 15 heavy (non-hydrogen) atoms. The van der Waals surface area contributed by atoms with Gasteiger partial charge in [-0.05, 0) is 25.8 Å². The van der Waals surface area contributed by atoms with E-state index in [0.29, 0.717) is 6.42 Å². The van der Waals surface area contributed by atoms with Gasteiger partial charge in [0.1, 0.15) is 0 Å². The van der Waals surface area contributed by atoms with E-state index >= 15 is 0 Å². The van der Waals surface area contributed by atoms with Gasteiger partial charge in [0.15, 0.2) is 0 Å². The molecule has 0 rings (SSSR count). The lowest BCUT2D eigenvalue weighted by atomic mass is 10.1. The molecule has 0 saturated heterocycles. The lowest BCUT2D eigenvalue weighted by molar-refractivity contribution is -0.137. The van der Waals surface area contributed by atoms with Crippen LogP contribution < -0.4 is 5.32 Å². The summed E-state index contributed by atoms with van der Waals surface area (Å²) in [5.74, 6) is -0.754. The topological polar surface area (TPSA) is 49.3 Å². The van der Waals surface area contributed by atoms with Crippen molar-refractivity contribution < 1.29 is 9.90 Å². The number of nitrogens with one attached hydrogen (secondary N) is 1. The molecule has 0 aromatic carbocycles. The Bertz CT molecular complexity index is 277. The molecule has 84 valence electrons. The first-order valence-electron chi connectivity index (χ1n) is 5.02. The fourth-order valence-corrected chi connectivity index (χ4v) is 1.08. The molecule has 2 N–H and O–H groups in total. The number of carbonyl (C=O) groups is 1. The maximum Gasteiger partial charge on any atom is 0.303 e. The molecule has 0 amide bonds. The Morgan fingerprint density at radius 3 is 2.53 bits per heavy atom. The minimum Gasteiger partial charge on any atom is -0.481 e. The van der Waals surface area contributed by atoms with Crippen molar-refractivity contribution in [3.8, 4) is 0 Å². The zero-order chi connectivity index (χ0) is 11.7. The van der Waals surface area contributed by atoms with Gasteiger partial charge in [-0.2, -0.15) is 0 Å². The standard InChI is InChI=1S/C12H19NO2/c1-4-11(13-3)9-8-10(2)6-5-7-12(14)15/h4,8-9,13H,2,5-7H2,1,3H3,(H,14,15)/b9-8-,11-4+. The minimum atomic E-state index is -0.754. The van der Waals surface area contributed by atoms with Crippen LogP contribution in [-0.2, 0) is 4.79 Å². The van der Waals surface area contributed by atoms with Gasteiger partial charge in [0.05, 0.1) is 0 Å². The summed E-state index contributed by atoms with van der Waals surface area (Å²) < 4.78 is 0. The number of rotatable bonds is 7. The summed E-state index contributed by atoms with van der Waals surface area (Å²) in [7, 11) is 1.85. The Balaban J connectivity index is 3.88. The van der Waals surface area contributed by atoms with Crippen LogP contribution in [0.25, 0.3) is 0 Å². The van der Waals surface area contributed by atoms with Gasteiger partial charge in [-0.15, -0.1) is 0 Å². The number of allylic oxidation sites excluding steroid dienone is 4. The highest BCUT2D eigenvalue weighted by Gasteiger charge is 1.96. The molecular formula is C12H19NO2. The molecule has 0 unspecified atom stereocenters. The SMILES string of the molecule is C=C(/C=C\C(=C/C)NC)CCCC(=O)O. The lowest BCUT2D eigenvalue weighted by Crippen LogP contribution is -2.02. The number of hydrogen-bond donors (Lipinski definition) is 2. The minimum absolute atomic E-state index is 0.204. The third kappa shape index (κ3) is 7.55. The van der Waals surface area contributed by atoms with E-state index in [1.165, 1.54) is 0 Å². The highest BCUT2D eigenvalue weighted by molar-refractivity contribution is 5.66. The van der Waals surface area contributed by atoms with Crippen molar-refractivity contribution >= 4 is 5.97 Å². The van der Waals surface area contributed by atoms with Crippen molar-refractivity contribution in [1.82, 2.24) is 5.32 Å². The molecule has 0 saturated carbocycles. The molecule has 0 aliphatic heterocycles. The van der Waals surface area contributed by atoms with Crippen molar-refractivity contribution in [2.24, 2.45) is 0 Å². The van der Waals surface area contributed by atoms with Gasteiger partial charge in [0.25, 0.3) is 0 Å². The molecule has 0 fully saturated rings. The van der Waals surface area contributed by atoms with Crippen molar-refractivity contribution in [2.75, 3.05) is 7.05 Å².